The molecule has 0 aliphatic carbocycles. The van der Waals surface area contributed by atoms with Crippen molar-refractivity contribution in [1.82, 2.24) is 0 Å². The summed E-state index contributed by atoms with van der Waals surface area (Å²) in [5.74, 6) is 1.83. The second-order valence-electron chi connectivity index (χ2n) is 7.13. The molecule has 0 radical (unpaired) electrons. The second kappa shape index (κ2) is 10.6. The van der Waals surface area contributed by atoms with E-state index in [-0.39, 0.29) is 19.0 Å². The summed E-state index contributed by atoms with van der Waals surface area (Å²) in [7, 11) is 1.52. The van der Waals surface area contributed by atoms with Gasteiger partial charge in [0.25, 0.3) is 5.91 Å². The lowest BCUT2D eigenvalue weighted by Gasteiger charge is -2.13. The summed E-state index contributed by atoms with van der Waals surface area (Å²) < 4.78 is 23.7. The number of carbonyl (C=O) groups excluding carboxylic acids is 1. The summed E-state index contributed by atoms with van der Waals surface area (Å²) in [4.78, 5) is 12.6. The molecule has 1 aliphatic rings. The van der Waals surface area contributed by atoms with Gasteiger partial charge in [-0.1, -0.05) is 37.9 Å². The average Bonchev–Trinajstić information content (AvgIpc) is 3.31. The molecule has 1 N–H and O–H groups in total. The van der Waals surface area contributed by atoms with E-state index in [0.717, 1.165) is 10.0 Å². The summed E-state index contributed by atoms with van der Waals surface area (Å²) in [6.45, 7) is 0.495. The van der Waals surface area contributed by atoms with E-state index in [0.29, 0.717) is 38.7 Å². The van der Waals surface area contributed by atoms with Gasteiger partial charge in [-0.3, -0.25) is 4.79 Å². The Labute approximate surface area is 213 Å². The fourth-order valence-corrected chi connectivity index (χ4v) is 3.86. The summed E-state index contributed by atoms with van der Waals surface area (Å²) in [6.07, 6.45) is 1.49. The lowest BCUT2D eigenvalue weighted by Crippen LogP contribution is -2.13. The predicted molar refractivity (Wildman–Crippen MR) is 134 cm³/mol. The number of methoxy groups -OCH3 is 1. The number of benzene rings is 3. The van der Waals surface area contributed by atoms with E-state index >= 15 is 0 Å². The van der Waals surface area contributed by atoms with Crippen LogP contribution in [0.3, 0.4) is 0 Å². The minimum Gasteiger partial charge on any atom is -0.493 e. The van der Waals surface area contributed by atoms with E-state index in [9.17, 15) is 10.1 Å². The van der Waals surface area contributed by atoms with E-state index in [1.165, 1.54) is 13.2 Å². The normalized spacial score (nSPS) is 12.1. The molecular formula is C25H18Br2N2O5. The van der Waals surface area contributed by atoms with Gasteiger partial charge in [-0.05, 0) is 65.7 Å². The minimum absolute atomic E-state index is 0.0558. The molecule has 172 valence electrons. The molecule has 3 aromatic carbocycles. The average molecular weight is 586 g/mol. The van der Waals surface area contributed by atoms with Crippen molar-refractivity contribution >= 4 is 49.5 Å². The Morgan fingerprint density at radius 1 is 1.09 bits per heavy atom. The zero-order valence-electron chi connectivity index (χ0n) is 17.9. The van der Waals surface area contributed by atoms with Crippen LogP contribution in [0.1, 0.15) is 11.1 Å². The first-order valence-corrected chi connectivity index (χ1v) is 11.6. The lowest BCUT2D eigenvalue weighted by atomic mass is 10.1. The monoisotopic (exact) mass is 584 g/mol. The Morgan fingerprint density at radius 3 is 2.59 bits per heavy atom. The lowest BCUT2D eigenvalue weighted by molar-refractivity contribution is -0.112. The summed E-state index contributed by atoms with van der Waals surface area (Å²) in [6, 6.07) is 18.1. The summed E-state index contributed by atoms with van der Waals surface area (Å²) in [5, 5.41) is 12.3. The van der Waals surface area contributed by atoms with Crippen LogP contribution in [0.5, 0.6) is 23.0 Å². The van der Waals surface area contributed by atoms with Gasteiger partial charge in [0, 0.05) is 14.6 Å². The smallest absolute Gasteiger partial charge is 0.266 e. The Hall–Kier alpha value is -3.48. The number of nitrogens with zero attached hydrogens (tertiary/aromatic N) is 1. The molecule has 0 saturated heterocycles. The van der Waals surface area contributed by atoms with Crippen LogP contribution in [0.2, 0.25) is 0 Å². The number of ether oxygens (including phenoxy) is 4. The molecule has 1 amide bonds. The second-order valence-corrected chi connectivity index (χ2v) is 8.90. The molecule has 0 aromatic heterocycles. The molecule has 0 atom stereocenters. The maximum atomic E-state index is 12.6. The molecule has 1 aliphatic heterocycles. The highest BCUT2D eigenvalue weighted by Gasteiger charge is 2.16. The molecule has 0 bridgehead atoms. The molecule has 4 rings (SSSR count). The molecule has 3 aromatic rings. The van der Waals surface area contributed by atoms with E-state index in [1.54, 1.807) is 36.4 Å². The molecule has 0 fully saturated rings. The first-order valence-electron chi connectivity index (χ1n) is 10.0. The van der Waals surface area contributed by atoms with Crippen molar-refractivity contribution in [3.8, 4) is 29.1 Å². The number of hydrogen-bond acceptors (Lipinski definition) is 6. The van der Waals surface area contributed by atoms with Gasteiger partial charge in [-0.2, -0.15) is 5.26 Å². The van der Waals surface area contributed by atoms with Crippen molar-refractivity contribution < 1.29 is 23.7 Å². The Bertz CT molecular complexity index is 1300. The zero-order valence-corrected chi connectivity index (χ0v) is 21.1. The quantitative estimate of drug-likeness (QED) is 0.267. The number of carbonyl (C=O) groups is 1. The molecule has 34 heavy (non-hydrogen) atoms. The van der Waals surface area contributed by atoms with Gasteiger partial charge < -0.3 is 24.3 Å². The SMILES string of the molecule is COc1cc(/C=C(/C#N)C(=O)Nc2ccc(Br)cc2)c(Br)cc1OCc1ccc2c(c1)OCO2. The van der Waals surface area contributed by atoms with Gasteiger partial charge >= 0.3 is 0 Å². The summed E-state index contributed by atoms with van der Waals surface area (Å²) in [5.41, 5.74) is 2.02. The Morgan fingerprint density at radius 2 is 1.85 bits per heavy atom. The van der Waals surface area contributed by atoms with Gasteiger partial charge in [-0.25, -0.2) is 0 Å². The molecule has 9 heteroatoms. The fraction of sp³-hybridized carbons (Fsp3) is 0.120. The number of fused-ring (bicyclic) bond motifs is 1. The van der Waals surface area contributed by atoms with E-state index in [4.69, 9.17) is 18.9 Å². The van der Waals surface area contributed by atoms with E-state index in [2.05, 4.69) is 37.2 Å². The van der Waals surface area contributed by atoms with Crippen molar-refractivity contribution in [2.75, 3.05) is 19.2 Å². The van der Waals surface area contributed by atoms with Crippen LogP contribution in [0.4, 0.5) is 5.69 Å². The third-order valence-electron chi connectivity index (χ3n) is 4.88. The number of halogens is 2. The summed E-state index contributed by atoms with van der Waals surface area (Å²) >= 11 is 6.84. The third-order valence-corrected chi connectivity index (χ3v) is 6.10. The van der Waals surface area contributed by atoms with Crippen molar-refractivity contribution in [1.29, 1.82) is 5.26 Å². The number of anilines is 1. The van der Waals surface area contributed by atoms with Crippen LogP contribution in [0.25, 0.3) is 6.08 Å². The van der Waals surface area contributed by atoms with Gasteiger partial charge in [0.15, 0.2) is 23.0 Å². The zero-order chi connectivity index (χ0) is 24.1. The number of nitriles is 1. The van der Waals surface area contributed by atoms with Crippen LogP contribution >= 0.6 is 31.9 Å². The van der Waals surface area contributed by atoms with E-state index < -0.39 is 5.91 Å². The first kappa shape index (κ1) is 23.7. The Balaban J connectivity index is 1.51. The molecule has 0 spiro atoms. The number of amides is 1. The number of rotatable bonds is 7. The minimum atomic E-state index is -0.515. The number of hydrogen-bond donors (Lipinski definition) is 1. The number of nitrogens with one attached hydrogen (secondary N) is 1. The van der Waals surface area contributed by atoms with Crippen molar-refractivity contribution in [2.45, 2.75) is 6.61 Å². The molecule has 1 heterocycles. The van der Waals surface area contributed by atoms with Crippen molar-refractivity contribution in [2.24, 2.45) is 0 Å². The van der Waals surface area contributed by atoms with Crippen molar-refractivity contribution in [3.63, 3.8) is 0 Å². The highest BCUT2D eigenvalue weighted by molar-refractivity contribution is 9.10. The molecule has 0 unspecified atom stereocenters. The van der Waals surface area contributed by atoms with E-state index in [1.807, 2.05) is 24.3 Å². The van der Waals surface area contributed by atoms with Gasteiger partial charge in [0.1, 0.15) is 18.2 Å². The Kier molecular flexibility index (Phi) is 7.40. The van der Waals surface area contributed by atoms with Crippen LogP contribution in [0, 0.1) is 11.3 Å². The maximum Gasteiger partial charge on any atom is 0.266 e. The largest absolute Gasteiger partial charge is 0.493 e. The molecule has 0 saturated carbocycles. The van der Waals surface area contributed by atoms with Gasteiger partial charge in [-0.15, -0.1) is 0 Å². The molecular weight excluding hydrogens is 568 g/mol. The highest BCUT2D eigenvalue weighted by atomic mass is 79.9. The van der Waals surface area contributed by atoms with Crippen LogP contribution in [0.15, 0.2) is 69.1 Å². The van der Waals surface area contributed by atoms with Crippen LogP contribution in [-0.4, -0.2) is 19.8 Å². The van der Waals surface area contributed by atoms with Crippen molar-refractivity contribution in [3.05, 3.63) is 80.2 Å². The topological polar surface area (TPSA) is 89.8 Å². The molecule has 7 nitrogen and oxygen atoms in total. The third kappa shape index (κ3) is 5.53. The maximum absolute atomic E-state index is 12.6. The first-order chi connectivity index (χ1) is 16.5. The van der Waals surface area contributed by atoms with Crippen LogP contribution in [-0.2, 0) is 11.4 Å². The van der Waals surface area contributed by atoms with Gasteiger partial charge in [0.05, 0.1) is 7.11 Å². The standard InChI is InChI=1S/C25H18Br2N2O5/c1-31-22-10-16(9-17(12-28)25(30)29-19-5-3-18(26)4-6-19)20(27)11-24(22)32-13-15-2-7-21-23(8-15)34-14-33-21/h2-11H,13-14H2,1H3,(H,29,30)/b17-9-. The highest BCUT2D eigenvalue weighted by Crippen LogP contribution is 2.36. The fourth-order valence-electron chi connectivity index (χ4n) is 3.16. The van der Waals surface area contributed by atoms with Gasteiger partial charge in [0.2, 0.25) is 6.79 Å². The van der Waals surface area contributed by atoms with Crippen LogP contribution < -0.4 is 24.3 Å². The predicted octanol–water partition coefficient (Wildman–Crippen LogP) is 6.07.